The second-order valence-corrected chi connectivity index (χ2v) is 5.84. The minimum absolute atomic E-state index is 0.238. The number of hydrogen-bond donors (Lipinski definition) is 2. The van der Waals surface area contributed by atoms with Crippen molar-refractivity contribution in [3.63, 3.8) is 0 Å². The average molecular weight is 253 g/mol. The molecule has 1 saturated carbocycles. The van der Waals surface area contributed by atoms with E-state index in [2.05, 4.69) is 9.27 Å². The van der Waals surface area contributed by atoms with Crippen molar-refractivity contribution in [3.8, 4) is 0 Å². The predicted octanol–water partition coefficient (Wildman–Crippen LogP) is 1.95. The molecular formula is C12H19N3OS. The topological polar surface area (TPSA) is 62.4 Å². The molecule has 3 rings (SSSR count). The van der Waals surface area contributed by atoms with E-state index in [1.807, 2.05) is 0 Å². The molecule has 0 amide bonds. The highest BCUT2D eigenvalue weighted by Crippen LogP contribution is 2.49. The van der Waals surface area contributed by atoms with Crippen LogP contribution < -0.4 is 10.6 Å². The summed E-state index contributed by atoms with van der Waals surface area (Å²) in [4.78, 5) is 2.34. The molecule has 0 spiro atoms. The highest BCUT2D eigenvalue weighted by Gasteiger charge is 2.34. The zero-order valence-corrected chi connectivity index (χ0v) is 10.7. The van der Waals surface area contributed by atoms with E-state index in [-0.39, 0.29) is 12.6 Å². The molecule has 1 aromatic rings. The molecule has 94 valence electrons. The van der Waals surface area contributed by atoms with Gasteiger partial charge in [0, 0.05) is 12.1 Å². The molecule has 0 bridgehead atoms. The molecule has 1 aliphatic carbocycles. The minimum Gasteiger partial charge on any atom is -0.394 e. The van der Waals surface area contributed by atoms with E-state index in [9.17, 15) is 5.11 Å². The maximum absolute atomic E-state index is 9.49. The largest absolute Gasteiger partial charge is 0.394 e. The van der Waals surface area contributed by atoms with Gasteiger partial charge in [-0.1, -0.05) is 0 Å². The van der Waals surface area contributed by atoms with E-state index in [4.69, 9.17) is 5.73 Å². The van der Waals surface area contributed by atoms with E-state index in [0.29, 0.717) is 5.92 Å². The fraction of sp³-hybridized carbons (Fsp3) is 0.750. The summed E-state index contributed by atoms with van der Waals surface area (Å²) < 4.78 is 4.32. The second-order valence-electron chi connectivity index (χ2n) is 5.09. The lowest BCUT2D eigenvalue weighted by molar-refractivity contribution is 0.240. The van der Waals surface area contributed by atoms with E-state index < -0.39 is 0 Å². The predicted molar refractivity (Wildman–Crippen MR) is 70.6 cm³/mol. The van der Waals surface area contributed by atoms with Crippen LogP contribution in [0.1, 0.15) is 43.6 Å². The Balaban J connectivity index is 1.91. The maximum atomic E-state index is 9.49. The average Bonchev–Trinajstić information content (AvgIpc) is 3.12. The monoisotopic (exact) mass is 253 g/mol. The number of nitrogen functional groups attached to an aromatic ring is 1. The Labute approximate surface area is 106 Å². The normalized spacial score (nSPS) is 25.2. The van der Waals surface area contributed by atoms with Crippen molar-refractivity contribution in [2.75, 3.05) is 23.8 Å². The zero-order valence-electron chi connectivity index (χ0n) is 9.93. The van der Waals surface area contributed by atoms with E-state index in [1.54, 1.807) is 0 Å². The van der Waals surface area contributed by atoms with Gasteiger partial charge in [0.1, 0.15) is 10.8 Å². The number of hydrogen-bond acceptors (Lipinski definition) is 5. The molecule has 2 heterocycles. The number of aliphatic hydroxyl groups is 1. The summed E-state index contributed by atoms with van der Waals surface area (Å²) >= 11 is 1.51. The van der Waals surface area contributed by atoms with Gasteiger partial charge in [0.2, 0.25) is 0 Å². The molecule has 2 aliphatic rings. The van der Waals surface area contributed by atoms with Crippen LogP contribution in [0.5, 0.6) is 0 Å². The first kappa shape index (κ1) is 11.3. The highest BCUT2D eigenvalue weighted by molar-refractivity contribution is 7.10. The Morgan fingerprint density at radius 1 is 1.35 bits per heavy atom. The summed E-state index contributed by atoms with van der Waals surface area (Å²) in [5.74, 6) is 1.35. The van der Waals surface area contributed by atoms with Gasteiger partial charge < -0.3 is 15.7 Å². The van der Waals surface area contributed by atoms with Crippen LogP contribution in [0.2, 0.25) is 0 Å². The van der Waals surface area contributed by atoms with Crippen molar-refractivity contribution in [3.05, 3.63) is 5.56 Å². The summed E-state index contributed by atoms with van der Waals surface area (Å²) in [6.07, 6.45) is 5.99. The van der Waals surface area contributed by atoms with Gasteiger partial charge in [-0.3, -0.25) is 0 Å². The molecule has 1 unspecified atom stereocenters. The van der Waals surface area contributed by atoms with Crippen molar-refractivity contribution >= 4 is 22.4 Å². The molecule has 2 fully saturated rings. The Bertz CT molecular complexity index is 402. The minimum atomic E-state index is 0.238. The smallest absolute Gasteiger partial charge is 0.142 e. The first-order valence-electron chi connectivity index (χ1n) is 6.43. The lowest BCUT2D eigenvalue weighted by atomic mass is 10.0. The van der Waals surface area contributed by atoms with E-state index in [0.717, 1.165) is 18.8 Å². The summed E-state index contributed by atoms with van der Waals surface area (Å²) in [6.45, 7) is 1.27. The van der Waals surface area contributed by atoms with Gasteiger partial charge in [0.05, 0.1) is 12.6 Å². The van der Waals surface area contributed by atoms with Crippen molar-refractivity contribution in [2.45, 2.75) is 44.1 Å². The number of piperidine rings is 1. The summed E-state index contributed by atoms with van der Waals surface area (Å²) in [5.41, 5.74) is 7.25. The van der Waals surface area contributed by atoms with Crippen LogP contribution in [0.25, 0.3) is 0 Å². The fourth-order valence-electron chi connectivity index (χ4n) is 2.72. The summed E-state index contributed by atoms with van der Waals surface area (Å²) in [7, 11) is 0. The number of aliphatic hydroxyl groups excluding tert-OH is 1. The molecule has 1 aromatic heterocycles. The van der Waals surface area contributed by atoms with Crippen molar-refractivity contribution < 1.29 is 5.11 Å². The van der Waals surface area contributed by atoms with Crippen LogP contribution in [0, 0.1) is 0 Å². The molecule has 0 aromatic carbocycles. The van der Waals surface area contributed by atoms with E-state index in [1.165, 1.54) is 47.8 Å². The van der Waals surface area contributed by atoms with Crippen molar-refractivity contribution in [2.24, 2.45) is 0 Å². The fourth-order valence-corrected chi connectivity index (χ4v) is 3.72. The SMILES string of the molecule is Nc1nsc(N2CCCCC2CO)c1C1CC1. The Hall–Kier alpha value is -0.810. The third-order valence-electron chi connectivity index (χ3n) is 3.82. The summed E-state index contributed by atoms with van der Waals surface area (Å²) in [5, 5.41) is 10.7. The summed E-state index contributed by atoms with van der Waals surface area (Å²) in [6, 6.07) is 0.265. The molecule has 5 heteroatoms. The van der Waals surface area contributed by atoms with Crippen molar-refractivity contribution in [1.82, 2.24) is 4.37 Å². The molecule has 3 N–H and O–H groups in total. The number of rotatable bonds is 3. The highest BCUT2D eigenvalue weighted by atomic mass is 32.1. The number of anilines is 2. The molecule has 1 atom stereocenters. The lowest BCUT2D eigenvalue weighted by Crippen LogP contribution is -2.41. The lowest BCUT2D eigenvalue weighted by Gasteiger charge is -2.35. The molecule has 17 heavy (non-hydrogen) atoms. The molecular weight excluding hydrogens is 234 g/mol. The standard InChI is InChI=1S/C12H19N3OS/c13-11-10(8-4-5-8)12(17-14-11)15-6-2-1-3-9(15)7-16/h8-9,16H,1-7H2,(H2,13,14). The van der Waals surface area contributed by atoms with Gasteiger partial charge in [0.15, 0.2) is 0 Å². The number of nitrogens with zero attached hydrogens (tertiary/aromatic N) is 2. The quantitative estimate of drug-likeness (QED) is 0.864. The van der Waals surface area contributed by atoms with Crippen LogP contribution in [-0.2, 0) is 0 Å². The third kappa shape index (κ3) is 2.02. The van der Waals surface area contributed by atoms with Gasteiger partial charge in [0.25, 0.3) is 0 Å². The first-order chi connectivity index (χ1) is 8.31. The Kier molecular flexibility index (Phi) is 2.96. The zero-order chi connectivity index (χ0) is 11.8. The Morgan fingerprint density at radius 3 is 2.88 bits per heavy atom. The van der Waals surface area contributed by atoms with Crippen LogP contribution in [-0.4, -0.2) is 28.7 Å². The number of aromatic nitrogens is 1. The second kappa shape index (κ2) is 4.46. The van der Waals surface area contributed by atoms with E-state index >= 15 is 0 Å². The van der Waals surface area contributed by atoms with Crippen LogP contribution in [0.15, 0.2) is 0 Å². The van der Waals surface area contributed by atoms with Crippen LogP contribution in [0.3, 0.4) is 0 Å². The molecule has 1 saturated heterocycles. The van der Waals surface area contributed by atoms with Gasteiger partial charge in [-0.15, -0.1) is 0 Å². The van der Waals surface area contributed by atoms with Gasteiger partial charge in [-0.05, 0) is 49.6 Å². The van der Waals surface area contributed by atoms with Crippen molar-refractivity contribution in [1.29, 1.82) is 0 Å². The molecule has 4 nitrogen and oxygen atoms in total. The van der Waals surface area contributed by atoms with Gasteiger partial charge >= 0.3 is 0 Å². The van der Waals surface area contributed by atoms with Gasteiger partial charge in [-0.2, -0.15) is 4.37 Å². The molecule has 0 radical (unpaired) electrons. The molecule has 1 aliphatic heterocycles. The Morgan fingerprint density at radius 2 is 2.18 bits per heavy atom. The van der Waals surface area contributed by atoms with Crippen LogP contribution in [0.4, 0.5) is 10.8 Å². The number of nitrogens with two attached hydrogens (primary N) is 1. The third-order valence-corrected chi connectivity index (χ3v) is 4.74. The first-order valence-corrected chi connectivity index (χ1v) is 7.21. The maximum Gasteiger partial charge on any atom is 0.142 e. The van der Waals surface area contributed by atoms with Crippen LogP contribution >= 0.6 is 11.5 Å². The van der Waals surface area contributed by atoms with Gasteiger partial charge in [-0.25, -0.2) is 0 Å².